The first-order valence-corrected chi connectivity index (χ1v) is 5.41. The second-order valence-corrected chi connectivity index (χ2v) is 4.95. The number of hydrogen-bond acceptors (Lipinski definition) is 3. The Morgan fingerprint density at radius 2 is 1.46 bits per heavy atom. The summed E-state index contributed by atoms with van der Waals surface area (Å²) >= 11 is 1.83. The number of thioether (sulfide) groups is 1. The quantitative estimate of drug-likeness (QED) is 0.549. The van der Waals surface area contributed by atoms with E-state index in [0.29, 0.717) is 10.5 Å². The molecule has 0 spiro atoms. The van der Waals surface area contributed by atoms with Crippen molar-refractivity contribution in [2.45, 2.75) is 23.3 Å². The second kappa shape index (κ2) is 3.44. The summed E-state index contributed by atoms with van der Waals surface area (Å²) in [6, 6.07) is 4.57. The van der Waals surface area contributed by atoms with Gasteiger partial charge in [-0.05, 0) is 12.8 Å². The number of nitriles is 2. The molecule has 2 aliphatic heterocycles. The van der Waals surface area contributed by atoms with E-state index in [1.807, 2.05) is 11.8 Å². The third-order valence-electron chi connectivity index (χ3n) is 2.74. The maximum absolute atomic E-state index is 8.97. The first-order valence-electron chi connectivity index (χ1n) is 4.46. The molecule has 0 aromatic rings. The van der Waals surface area contributed by atoms with E-state index < -0.39 is 0 Å². The van der Waals surface area contributed by atoms with E-state index in [9.17, 15) is 0 Å². The van der Waals surface area contributed by atoms with E-state index >= 15 is 0 Å². The van der Waals surface area contributed by atoms with E-state index in [-0.39, 0.29) is 11.8 Å². The average molecular weight is 190 g/mol. The third-order valence-corrected chi connectivity index (χ3v) is 4.41. The molecule has 2 rings (SSSR count). The molecule has 2 bridgehead atoms. The maximum atomic E-state index is 8.97. The maximum Gasteiger partial charge on any atom is 0.0754 e. The number of nitrogens with zero attached hydrogens (tertiary/aromatic N) is 2. The van der Waals surface area contributed by atoms with Crippen molar-refractivity contribution in [3.05, 3.63) is 12.2 Å². The van der Waals surface area contributed by atoms with Crippen molar-refractivity contribution in [2.75, 3.05) is 0 Å². The van der Waals surface area contributed by atoms with Crippen LogP contribution in [-0.4, -0.2) is 10.5 Å². The van der Waals surface area contributed by atoms with Gasteiger partial charge in [-0.3, -0.25) is 0 Å². The Morgan fingerprint density at radius 3 is 1.85 bits per heavy atom. The molecule has 4 atom stereocenters. The van der Waals surface area contributed by atoms with E-state index in [0.717, 1.165) is 12.8 Å². The van der Waals surface area contributed by atoms with Gasteiger partial charge in [0.2, 0.25) is 0 Å². The predicted octanol–water partition coefficient (Wildman–Crippen LogP) is 2.10. The summed E-state index contributed by atoms with van der Waals surface area (Å²) in [6.45, 7) is 0. The van der Waals surface area contributed by atoms with Crippen LogP contribution in [0.4, 0.5) is 0 Å². The van der Waals surface area contributed by atoms with Gasteiger partial charge in [0, 0.05) is 10.5 Å². The van der Waals surface area contributed by atoms with Gasteiger partial charge in [-0.1, -0.05) is 12.2 Å². The van der Waals surface area contributed by atoms with Crippen LogP contribution < -0.4 is 0 Å². The Bertz CT molecular complexity index is 280. The lowest BCUT2D eigenvalue weighted by molar-refractivity contribution is 0.492. The molecule has 0 N–H and O–H groups in total. The van der Waals surface area contributed by atoms with Crippen LogP contribution in [0.25, 0.3) is 0 Å². The molecule has 2 aliphatic rings. The molecule has 3 heteroatoms. The fourth-order valence-electron chi connectivity index (χ4n) is 2.05. The molecule has 0 unspecified atom stereocenters. The second-order valence-electron chi connectivity index (χ2n) is 3.47. The fourth-order valence-corrected chi connectivity index (χ4v) is 3.74. The molecule has 2 heterocycles. The van der Waals surface area contributed by atoms with Crippen LogP contribution >= 0.6 is 11.8 Å². The number of hydrogen-bond donors (Lipinski definition) is 0. The standard InChI is InChI=1S/C10H10N2S/c11-5-7-8(6-12)10-4-2-1-3-9(7)13-10/h1-2,7-10H,3-4H2/t7-,8+,9+,10-. The highest BCUT2D eigenvalue weighted by molar-refractivity contribution is 8.00. The lowest BCUT2D eigenvalue weighted by Crippen LogP contribution is -2.19. The van der Waals surface area contributed by atoms with Gasteiger partial charge in [0.1, 0.15) is 0 Å². The third kappa shape index (κ3) is 1.34. The van der Waals surface area contributed by atoms with Crippen molar-refractivity contribution in [3.63, 3.8) is 0 Å². The SMILES string of the molecule is N#C[C@@H]1[C@H](C#N)[C@H]2CC=CC[C@@H]1S2. The molecule has 1 fully saturated rings. The predicted molar refractivity (Wildman–Crippen MR) is 51.7 cm³/mol. The smallest absolute Gasteiger partial charge is 0.0754 e. The van der Waals surface area contributed by atoms with Gasteiger partial charge in [0.05, 0.1) is 24.0 Å². The highest BCUT2D eigenvalue weighted by Crippen LogP contribution is 2.47. The summed E-state index contributed by atoms with van der Waals surface area (Å²) in [6.07, 6.45) is 6.21. The zero-order valence-corrected chi connectivity index (χ0v) is 8.00. The van der Waals surface area contributed by atoms with Crippen LogP contribution in [0.1, 0.15) is 12.8 Å². The molecular weight excluding hydrogens is 180 g/mol. The van der Waals surface area contributed by atoms with Gasteiger partial charge in [0.25, 0.3) is 0 Å². The minimum atomic E-state index is -0.0510. The van der Waals surface area contributed by atoms with E-state index in [1.165, 1.54) is 0 Å². The molecule has 0 aromatic heterocycles. The summed E-state index contributed by atoms with van der Waals surface area (Å²) < 4.78 is 0. The van der Waals surface area contributed by atoms with Crippen LogP contribution in [0.15, 0.2) is 12.2 Å². The molecule has 13 heavy (non-hydrogen) atoms. The van der Waals surface area contributed by atoms with Crippen molar-refractivity contribution >= 4 is 11.8 Å². The first-order chi connectivity index (χ1) is 6.36. The number of allylic oxidation sites excluding steroid dienone is 2. The van der Waals surface area contributed by atoms with Crippen LogP contribution in [0.3, 0.4) is 0 Å². The summed E-state index contributed by atoms with van der Waals surface area (Å²) in [5, 5.41) is 18.7. The molecule has 0 aromatic carbocycles. The van der Waals surface area contributed by atoms with Gasteiger partial charge in [-0.15, -0.1) is 0 Å². The largest absolute Gasteiger partial charge is 0.198 e. The molecule has 66 valence electrons. The molecule has 0 radical (unpaired) electrons. The van der Waals surface area contributed by atoms with Crippen LogP contribution in [0.2, 0.25) is 0 Å². The fraction of sp³-hybridized carbons (Fsp3) is 0.600. The molecular formula is C10H10N2S. The molecule has 1 saturated heterocycles. The number of rotatable bonds is 0. The van der Waals surface area contributed by atoms with Crippen LogP contribution in [0, 0.1) is 34.5 Å². The van der Waals surface area contributed by atoms with E-state index in [4.69, 9.17) is 10.5 Å². The summed E-state index contributed by atoms with van der Waals surface area (Å²) in [5.41, 5.74) is 0. The lowest BCUT2D eigenvalue weighted by atomic mass is 9.85. The van der Waals surface area contributed by atoms with E-state index in [2.05, 4.69) is 24.3 Å². The van der Waals surface area contributed by atoms with Gasteiger partial charge in [-0.25, -0.2) is 0 Å². The Kier molecular flexibility index (Phi) is 2.29. The summed E-state index contributed by atoms with van der Waals surface area (Å²) in [4.78, 5) is 0. The van der Waals surface area contributed by atoms with Crippen molar-refractivity contribution in [1.29, 1.82) is 10.5 Å². The molecule has 0 amide bonds. The van der Waals surface area contributed by atoms with Crippen molar-refractivity contribution in [3.8, 4) is 12.1 Å². The van der Waals surface area contributed by atoms with E-state index in [1.54, 1.807) is 0 Å². The van der Waals surface area contributed by atoms with Gasteiger partial charge in [0.15, 0.2) is 0 Å². The Hall–Kier alpha value is -0.930. The zero-order chi connectivity index (χ0) is 9.26. The summed E-state index contributed by atoms with van der Waals surface area (Å²) in [7, 11) is 0. The zero-order valence-electron chi connectivity index (χ0n) is 7.18. The minimum absolute atomic E-state index is 0.0510. The van der Waals surface area contributed by atoms with Crippen molar-refractivity contribution in [1.82, 2.24) is 0 Å². The first kappa shape index (κ1) is 8.66. The normalized spacial score (nSPS) is 42.0. The topological polar surface area (TPSA) is 47.6 Å². The lowest BCUT2D eigenvalue weighted by Gasteiger charge is -2.13. The molecule has 2 nitrogen and oxygen atoms in total. The highest BCUT2D eigenvalue weighted by Gasteiger charge is 2.44. The average Bonchev–Trinajstić information content (AvgIpc) is 2.31. The van der Waals surface area contributed by atoms with Crippen LogP contribution in [0.5, 0.6) is 0 Å². The Labute approximate surface area is 82.2 Å². The van der Waals surface area contributed by atoms with Gasteiger partial charge < -0.3 is 0 Å². The van der Waals surface area contributed by atoms with Crippen molar-refractivity contribution < 1.29 is 0 Å². The molecule has 0 aliphatic carbocycles. The summed E-state index contributed by atoms with van der Waals surface area (Å²) in [5.74, 6) is -0.102. The Balaban J connectivity index is 2.27. The highest BCUT2D eigenvalue weighted by atomic mass is 32.2. The Morgan fingerprint density at radius 1 is 1.00 bits per heavy atom. The van der Waals surface area contributed by atoms with Gasteiger partial charge >= 0.3 is 0 Å². The van der Waals surface area contributed by atoms with Crippen LogP contribution in [-0.2, 0) is 0 Å². The molecule has 0 saturated carbocycles. The van der Waals surface area contributed by atoms with Gasteiger partial charge in [-0.2, -0.15) is 22.3 Å². The van der Waals surface area contributed by atoms with Crippen molar-refractivity contribution in [2.24, 2.45) is 11.8 Å². The monoisotopic (exact) mass is 190 g/mol. The minimum Gasteiger partial charge on any atom is -0.198 e. The number of fused-ring (bicyclic) bond motifs is 2.